The van der Waals surface area contributed by atoms with E-state index in [0.29, 0.717) is 0 Å². The molecule has 0 saturated carbocycles. The molecule has 4 aromatic carbocycles. The summed E-state index contributed by atoms with van der Waals surface area (Å²) in [7, 11) is 0. The zero-order chi connectivity index (χ0) is 25.5. The Morgan fingerprint density at radius 1 is 0.641 bits per heavy atom. The van der Waals surface area contributed by atoms with Gasteiger partial charge in [-0.3, -0.25) is 4.57 Å². The molecule has 1 aliphatic rings. The number of hydrogen-bond donors (Lipinski definition) is 0. The second-order valence-electron chi connectivity index (χ2n) is 10.3. The molecule has 0 aliphatic heterocycles. The topological polar surface area (TPSA) is 22.8 Å². The van der Waals surface area contributed by atoms with E-state index in [-0.39, 0.29) is 0 Å². The Bertz CT molecular complexity index is 2340. The first-order chi connectivity index (χ1) is 19.4. The van der Waals surface area contributed by atoms with E-state index in [9.17, 15) is 0 Å². The SMILES string of the molecule is C1=CCCC(n2c3ccccc3c3cc4c(nc32)c2ccccc2n4-c2cccc3c2sc2ccccc23)=C1. The lowest BCUT2D eigenvalue weighted by molar-refractivity contribution is 0.973. The highest BCUT2D eigenvalue weighted by molar-refractivity contribution is 7.26. The van der Waals surface area contributed by atoms with E-state index in [4.69, 9.17) is 4.98 Å². The van der Waals surface area contributed by atoms with Crippen LogP contribution in [0.5, 0.6) is 0 Å². The normalized spacial score (nSPS) is 14.0. The van der Waals surface area contributed by atoms with Crippen LogP contribution in [0.1, 0.15) is 12.8 Å². The number of thiophene rings is 1. The standard InChI is InChI=1S/C35H23N3S/c1-2-11-22(12-3-1)37-28-17-7-4-13-23(28)27-21-31-33(36-35(27)37)26-15-5-8-18-29(26)38(31)30-19-10-16-25-24-14-6-9-20-32(24)39-34(25)30/h1-2,4-11,13-21H,3,12H2. The molecule has 8 aromatic rings. The smallest absolute Gasteiger partial charge is 0.146 e. The highest BCUT2D eigenvalue weighted by Gasteiger charge is 2.21. The van der Waals surface area contributed by atoms with Crippen LogP contribution in [0.3, 0.4) is 0 Å². The van der Waals surface area contributed by atoms with E-state index in [1.807, 2.05) is 11.3 Å². The minimum Gasteiger partial charge on any atom is -0.306 e. The van der Waals surface area contributed by atoms with Gasteiger partial charge in [0.15, 0.2) is 0 Å². The molecule has 1 aliphatic carbocycles. The number of nitrogens with zero attached hydrogens (tertiary/aromatic N) is 3. The number of allylic oxidation sites excluding steroid dienone is 4. The average Bonchev–Trinajstić information content (AvgIpc) is 3.64. The van der Waals surface area contributed by atoms with E-state index in [1.54, 1.807) is 0 Å². The monoisotopic (exact) mass is 517 g/mol. The van der Waals surface area contributed by atoms with E-state index in [2.05, 4.69) is 124 Å². The number of pyridine rings is 1. The van der Waals surface area contributed by atoms with Crippen molar-refractivity contribution in [3.05, 3.63) is 115 Å². The summed E-state index contributed by atoms with van der Waals surface area (Å²) in [5.74, 6) is 0. The fourth-order valence-corrected chi connectivity index (χ4v) is 7.68. The van der Waals surface area contributed by atoms with Crippen molar-refractivity contribution in [1.29, 1.82) is 0 Å². The summed E-state index contributed by atoms with van der Waals surface area (Å²) in [6, 6.07) is 35.3. The van der Waals surface area contributed by atoms with Gasteiger partial charge >= 0.3 is 0 Å². The largest absolute Gasteiger partial charge is 0.306 e. The molecule has 4 heterocycles. The summed E-state index contributed by atoms with van der Waals surface area (Å²) < 4.78 is 7.44. The molecule has 9 rings (SSSR count). The third kappa shape index (κ3) is 2.89. The predicted octanol–water partition coefficient (Wildman–Crippen LogP) is 9.85. The van der Waals surface area contributed by atoms with Crippen molar-refractivity contribution < 1.29 is 0 Å². The van der Waals surface area contributed by atoms with Gasteiger partial charge in [-0.2, -0.15) is 0 Å². The highest BCUT2D eigenvalue weighted by Crippen LogP contribution is 2.42. The van der Waals surface area contributed by atoms with Crippen LogP contribution in [-0.2, 0) is 0 Å². The van der Waals surface area contributed by atoms with Crippen molar-refractivity contribution in [2.75, 3.05) is 0 Å². The molecule has 0 spiro atoms. The zero-order valence-electron chi connectivity index (χ0n) is 21.1. The summed E-state index contributed by atoms with van der Waals surface area (Å²) in [5.41, 5.74) is 8.15. The molecule has 4 aromatic heterocycles. The van der Waals surface area contributed by atoms with Crippen LogP contribution in [0.25, 0.3) is 75.4 Å². The van der Waals surface area contributed by atoms with Gasteiger partial charge in [0.1, 0.15) is 5.65 Å². The maximum Gasteiger partial charge on any atom is 0.146 e. The second kappa shape index (κ2) is 7.92. The van der Waals surface area contributed by atoms with Crippen LogP contribution >= 0.6 is 11.3 Å². The van der Waals surface area contributed by atoms with Crippen LogP contribution in [0, 0.1) is 0 Å². The lowest BCUT2D eigenvalue weighted by Crippen LogP contribution is -2.00. The quantitative estimate of drug-likeness (QED) is 0.224. The first-order valence-corrected chi connectivity index (χ1v) is 14.3. The lowest BCUT2D eigenvalue weighted by Gasteiger charge is -2.13. The molecule has 3 nitrogen and oxygen atoms in total. The van der Waals surface area contributed by atoms with E-state index in [0.717, 1.165) is 29.5 Å². The molecule has 0 unspecified atom stereocenters. The summed E-state index contributed by atoms with van der Waals surface area (Å²) in [4.78, 5) is 5.47. The minimum atomic E-state index is 1.01. The Kier molecular flexibility index (Phi) is 4.32. The van der Waals surface area contributed by atoms with Gasteiger partial charge in [-0.05, 0) is 49.2 Å². The van der Waals surface area contributed by atoms with E-state index < -0.39 is 0 Å². The molecule has 39 heavy (non-hydrogen) atoms. The van der Waals surface area contributed by atoms with Gasteiger partial charge in [-0.1, -0.05) is 78.9 Å². The average molecular weight is 518 g/mol. The number of hydrogen-bond acceptors (Lipinski definition) is 2. The third-order valence-corrected chi connectivity index (χ3v) is 9.38. The fraction of sp³-hybridized carbons (Fsp3) is 0.0571. The van der Waals surface area contributed by atoms with Crippen LogP contribution in [0.4, 0.5) is 0 Å². The van der Waals surface area contributed by atoms with Gasteiger partial charge in [0.05, 0.1) is 32.5 Å². The Hall–Kier alpha value is -4.67. The van der Waals surface area contributed by atoms with Crippen molar-refractivity contribution in [1.82, 2.24) is 14.1 Å². The molecule has 0 atom stereocenters. The molecular weight excluding hydrogens is 494 g/mol. The fourth-order valence-electron chi connectivity index (χ4n) is 6.47. The van der Waals surface area contributed by atoms with Crippen LogP contribution in [0.2, 0.25) is 0 Å². The molecule has 4 heteroatoms. The zero-order valence-corrected chi connectivity index (χ0v) is 22.0. The van der Waals surface area contributed by atoms with Crippen molar-refractivity contribution in [2.24, 2.45) is 0 Å². The number of para-hydroxylation sites is 2. The molecule has 0 N–H and O–H groups in total. The van der Waals surface area contributed by atoms with Crippen LogP contribution < -0.4 is 0 Å². The van der Waals surface area contributed by atoms with Gasteiger partial charge in [0, 0.05) is 37.3 Å². The molecule has 0 bridgehead atoms. The number of benzene rings is 4. The van der Waals surface area contributed by atoms with Crippen molar-refractivity contribution in [2.45, 2.75) is 12.8 Å². The van der Waals surface area contributed by atoms with Crippen LogP contribution in [-0.4, -0.2) is 14.1 Å². The van der Waals surface area contributed by atoms with Crippen molar-refractivity contribution in [3.63, 3.8) is 0 Å². The van der Waals surface area contributed by atoms with E-state index >= 15 is 0 Å². The minimum absolute atomic E-state index is 1.01. The molecule has 0 saturated heterocycles. The van der Waals surface area contributed by atoms with Gasteiger partial charge in [-0.25, -0.2) is 4.98 Å². The van der Waals surface area contributed by atoms with Crippen molar-refractivity contribution >= 4 is 81.1 Å². The predicted molar refractivity (Wildman–Crippen MR) is 167 cm³/mol. The van der Waals surface area contributed by atoms with Gasteiger partial charge in [0.2, 0.25) is 0 Å². The maximum atomic E-state index is 5.47. The third-order valence-electron chi connectivity index (χ3n) is 8.17. The summed E-state index contributed by atoms with van der Waals surface area (Å²) >= 11 is 1.87. The summed E-state index contributed by atoms with van der Waals surface area (Å²) in [6.07, 6.45) is 8.73. The summed E-state index contributed by atoms with van der Waals surface area (Å²) in [6.45, 7) is 0. The maximum absolute atomic E-state index is 5.47. The van der Waals surface area contributed by atoms with Crippen molar-refractivity contribution in [3.8, 4) is 5.69 Å². The molecule has 0 radical (unpaired) electrons. The van der Waals surface area contributed by atoms with E-state index in [1.165, 1.54) is 58.7 Å². The highest BCUT2D eigenvalue weighted by atomic mass is 32.1. The lowest BCUT2D eigenvalue weighted by atomic mass is 10.1. The van der Waals surface area contributed by atoms with Gasteiger partial charge in [-0.15, -0.1) is 11.3 Å². The molecule has 184 valence electrons. The molecule has 0 amide bonds. The number of aromatic nitrogens is 3. The first kappa shape index (κ1) is 21.3. The molecule has 0 fully saturated rings. The summed E-state index contributed by atoms with van der Waals surface area (Å²) in [5, 5.41) is 6.25. The first-order valence-electron chi connectivity index (χ1n) is 13.5. The Balaban J connectivity index is 1.46. The Morgan fingerprint density at radius 3 is 2.23 bits per heavy atom. The second-order valence-corrected chi connectivity index (χ2v) is 11.4. The molecular formula is C35H23N3S. The van der Waals surface area contributed by atoms with Gasteiger partial charge < -0.3 is 4.57 Å². The van der Waals surface area contributed by atoms with Gasteiger partial charge in [0.25, 0.3) is 0 Å². The Labute approximate surface area is 228 Å². The number of fused-ring (bicyclic) bond motifs is 9. The van der Waals surface area contributed by atoms with Crippen LogP contribution in [0.15, 0.2) is 115 Å². The number of rotatable bonds is 2. The Morgan fingerprint density at radius 2 is 1.38 bits per heavy atom.